The largest absolute Gasteiger partial charge is 0.507 e. The molecule has 0 aliphatic carbocycles. The van der Waals surface area contributed by atoms with Gasteiger partial charge in [0.1, 0.15) is 24.1 Å². The van der Waals surface area contributed by atoms with E-state index in [0.717, 1.165) is 0 Å². The predicted molar refractivity (Wildman–Crippen MR) is 110 cm³/mol. The maximum absolute atomic E-state index is 12.3. The smallest absolute Gasteiger partial charge is 0.280 e. The number of anilines is 2. The topological polar surface area (TPSA) is 204 Å². The summed E-state index contributed by atoms with van der Waals surface area (Å²) >= 11 is 5.91. The Morgan fingerprint density at radius 1 is 1.35 bits per heavy atom. The second kappa shape index (κ2) is 8.13. The van der Waals surface area contributed by atoms with E-state index in [1.54, 1.807) is 0 Å². The van der Waals surface area contributed by atoms with Gasteiger partial charge in [-0.2, -0.15) is 10.1 Å². The molecule has 0 radical (unpaired) electrons. The lowest BCUT2D eigenvalue weighted by atomic mass is 10.1. The number of aromatic amines is 1. The molecule has 14 heteroatoms. The van der Waals surface area contributed by atoms with E-state index in [0.29, 0.717) is 10.6 Å². The normalized spacial score (nSPS) is 23.7. The Morgan fingerprint density at radius 3 is 2.84 bits per heavy atom. The van der Waals surface area contributed by atoms with Crippen molar-refractivity contribution in [2.75, 3.05) is 17.8 Å². The second-order valence-electron chi connectivity index (χ2n) is 6.73. The highest BCUT2D eigenvalue weighted by molar-refractivity contribution is 6.30. The Kier molecular flexibility index (Phi) is 5.51. The molecule has 0 saturated carbocycles. The van der Waals surface area contributed by atoms with Crippen molar-refractivity contribution in [3.63, 3.8) is 0 Å². The summed E-state index contributed by atoms with van der Waals surface area (Å²) in [6.07, 6.45) is -3.95. The summed E-state index contributed by atoms with van der Waals surface area (Å²) in [5.41, 5.74) is 7.71. The molecule has 3 aromatic rings. The fourth-order valence-electron chi connectivity index (χ4n) is 3.20. The number of hydrogen-bond donors (Lipinski definition) is 7. The molecule has 1 saturated heterocycles. The molecule has 13 nitrogen and oxygen atoms in total. The van der Waals surface area contributed by atoms with E-state index in [1.165, 1.54) is 29.0 Å². The fourth-order valence-corrected chi connectivity index (χ4v) is 3.38. The number of hydrogen-bond acceptors (Lipinski definition) is 11. The molecule has 3 heterocycles. The number of halogens is 1. The van der Waals surface area contributed by atoms with Gasteiger partial charge in [0.2, 0.25) is 11.9 Å². The fraction of sp³-hybridized carbons (Fsp3) is 0.294. The van der Waals surface area contributed by atoms with Crippen LogP contribution in [0.25, 0.3) is 11.2 Å². The Hall–Kier alpha value is -3.23. The highest BCUT2D eigenvalue weighted by Crippen LogP contribution is 2.34. The summed E-state index contributed by atoms with van der Waals surface area (Å²) < 4.78 is 6.73. The van der Waals surface area contributed by atoms with Crippen LogP contribution >= 0.6 is 11.6 Å². The monoisotopic (exact) mass is 451 g/mol. The van der Waals surface area contributed by atoms with E-state index in [9.17, 15) is 25.2 Å². The molecule has 8 N–H and O–H groups in total. The van der Waals surface area contributed by atoms with Crippen LogP contribution in [-0.4, -0.2) is 71.1 Å². The summed E-state index contributed by atoms with van der Waals surface area (Å²) in [6.45, 7) is -0.549. The van der Waals surface area contributed by atoms with Crippen molar-refractivity contribution in [2.24, 2.45) is 5.10 Å². The van der Waals surface area contributed by atoms with Crippen molar-refractivity contribution in [2.45, 2.75) is 24.5 Å². The Labute approximate surface area is 178 Å². The number of nitrogen functional groups attached to an aromatic ring is 1. The molecular formula is C17H18ClN7O6. The van der Waals surface area contributed by atoms with E-state index < -0.39 is 36.7 Å². The number of benzene rings is 1. The number of nitrogens with two attached hydrogens (primary N) is 1. The molecule has 0 unspecified atom stereocenters. The highest BCUT2D eigenvalue weighted by atomic mass is 35.5. The molecule has 1 fully saturated rings. The maximum Gasteiger partial charge on any atom is 0.280 e. The molecule has 0 amide bonds. The number of aliphatic hydroxyl groups excluding tert-OH is 3. The zero-order valence-electron chi connectivity index (χ0n) is 15.7. The van der Waals surface area contributed by atoms with Gasteiger partial charge in [-0.3, -0.25) is 14.3 Å². The average Bonchev–Trinajstić information content (AvgIpc) is 3.22. The number of fused-ring (bicyclic) bond motifs is 1. The van der Waals surface area contributed by atoms with Crippen LogP contribution in [0.5, 0.6) is 5.75 Å². The van der Waals surface area contributed by atoms with Gasteiger partial charge in [0.05, 0.1) is 12.8 Å². The van der Waals surface area contributed by atoms with Crippen molar-refractivity contribution in [1.29, 1.82) is 0 Å². The molecule has 2 aromatic heterocycles. The minimum atomic E-state index is -1.47. The first-order valence-corrected chi connectivity index (χ1v) is 9.35. The summed E-state index contributed by atoms with van der Waals surface area (Å²) in [4.78, 5) is 22.7. The maximum atomic E-state index is 12.3. The number of phenolic OH excluding ortho intramolecular Hbond substituents is 1. The van der Waals surface area contributed by atoms with Gasteiger partial charge in [-0.25, -0.2) is 10.4 Å². The lowest BCUT2D eigenvalue weighted by Gasteiger charge is -2.18. The first-order valence-electron chi connectivity index (χ1n) is 8.98. The minimum absolute atomic E-state index is 0.0422. The van der Waals surface area contributed by atoms with Crippen LogP contribution in [-0.2, 0) is 4.74 Å². The zero-order valence-corrected chi connectivity index (χ0v) is 16.4. The molecule has 31 heavy (non-hydrogen) atoms. The number of phenols is 1. The summed E-state index contributed by atoms with van der Waals surface area (Å²) in [6, 6.07) is 4.37. The summed E-state index contributed by atoms with van der Waals surface area (Å²) in [5.74, 6) is -0.353. The zero-order chi connectivity index (χ0) is 22.3. The number of aromatic nitrogens is 4. The number of aliphatic hydroxyl groups is 3. The number of nitrogens with one attached hydrogen (secondary N) is 2. The van der Waals surface area contributed by atoms with Crippen LogP contribution in [0.15, 0.2) is 28.1 Å². The molecular weight excluding hydrogens is 434 g/mol. The first-order chi connectivity index (χ1) is 14.8. The summed E-state index contributed by atoms with van der Waals surface area (Å²) in [7, 11) is 0. The van der Waals surface area contributed by atoms with Gasteiger partial charge in [0.15, 0.2) is 17.4 Å². The molecule has 4 rings (SSSR count). The van der Waals surface area contributed by atoms with Gasteiger partial charge in [-0.15, -0.1) is 0 Å². The van der Waals surface area contributed by atoms with Crippen LogP contribution in [0.4, 0.5) is 11.9 Å². The van der Waals surface area contributed by atoms with Crippen LogP contribution < -0.4 is 16.7 Å². The van der Waals surface area contributed by atoms with Crippen molar-refractivity contribution in [3.8, 4) is 5.75 Å². The molecule has 1 aromatic carbocycles. The number of nitrogens with zero attached hydrogens (tertiary/aromatic N) is 4. The van der Waals surface area contributed by atoms with Gasteiger partial charge in [0, 0.05) is 10.6 Å². The first kappa shape index (κ1) is 21.0. The van der Waals surface area contributed by atoms with Gasteiger partial charge < -0.3 is 30.9 Å². The number of ether oxygens (including phenoxy) is 1. The summed E-state index contributed by atoms with van der Waals surface area (Å²) in [5, 5.41) is 44.2. The molecule has 164 valence electrons. The third-order valence-electron chi connectivity index (χ3n) is 4.70. The Balaban J connectivity index is 1.77. The average molecular weight is 452 g/mol. The Morgan fingerprint density at radius 2 is 2.13 bits per heavy atom. The second-order valence-corrected chi connectivity index (χ2v) is 7.17. The van der Waals surface area contributed by atoms with E-state index in [2.05, 4.69) is 25.5 Å². The van der Waals surface area contributed by atoms with Gasteiger partial charge in [-0.1, -0.05) is 11.6 Å². The minimum Gasteiger partial charge on any atom is -0.507 e. The van der Waals surface area contributed by atoms with Crippen LogP contribution in [0.3, 0.4) is 0 Å². The molecule has 1 aliphatic rings. The Bertz CT molecular complexity index is 1210. The number of aromatic hydroxyl groups is 1. The quantitative estimate of drug-likeness (QED) is 0.188. The van der Waals surface area contributed by atoms with Gasteiger partial charge >= 0.3 is 0 Å². The van der Waals surface area contributed by atoms with Crippen molar-refractivity contribution in [3.05, 3.63) is 39.1 Å². The van der Waals surface area contributed by atoms with Gasteiger partial charge in [0.25, 0.3) is 5.56 Å². The molecule has 0 bridgehead atoms. The lowest BCUT2D eigenvalue weighted by Crippen LogP contribution is -2.33. The van der Waals surface area contributed by atoms with Crippen molar-refractivity contribution >= 4 is 40.9 Å². The number of H-pyrrole nitrogens is 1. The van der Waals surface area contributed by atoms with Crippen molar-refractivity contribution < 1.29 is 25.2 Å². The van der Waals surface area contributed by atoms with Crippen LogP contribution in [0, 0.1) is 0 Å². The van der Waals surface area contributed by atoms with E-state index in [1.807, 2.05) is 0 Å². The molecule has 4 atom stereocenters. The van der Waals surface area contributed by atoms with E-state index >= 15 is 0 Å². The number of rotatable bonds is 5. The SMILES string of the molecule is Nc1nc2c(nc(N/N=C\c3cc(Cl)ccc3O)n2[C@@H]2O[C@@H](CO)[C@@H](O)[C@@H]2O)c(=O)[nH]1. The lowest BCUT2D eigenvalue weighted by molar-refractivity contribution is -0.0501. The highest BCUT2D eigenvalue weighted by Gasteiger charge is 2.45. The van der Waals surface area contributed by atoms with Crippen LogP contribution in [0.2, 0.25) is 5.02 Å². The number of hydrazone groups is 1. The van der Waals surface area contributed by atoms with E-state index in [4.69, 9.17) is 22.1 Å². The van der Waals surface area contributed by atoms with Crippen molar-refractivity contribution in [1.82, 2.24) is 19.5 Å². The van der Waals surface area contributed by atoms with Gasteiger partial charge in [-0.05, 0) is 18.2 Å². The van der Waals surface area contributed by atoms with E-state index in [-0.39, 0.29) is 28.8 Å². The predicted octanol–water partition coefficient (Wildman–Crippen LogP) is -0.882. The third kappa shape index (κ3) is 3.80. The molecule has 0 spiro atoms. The third-order valence-corrected chi connectivity index (χ3v) is 4.93. The number of imidazole rings is 1. The van der Waals surface area contributed by atoms with Crippen LogP contribution in [0.1, 0.15) is 11.8 Å². The standard InChI is InChI=1S/C17H18ClN7O6/c18-7-1-2-8(27)6(3-7)4-20-24-17-21-10-13(22-16(19)23-14(10)30)25(17)15-12(29)11(28)9(5-26)31-15/h1-4,9,11-12,15,26-29H,5H2,(H,21,24)(H3,19,22,23,30)/b20-4-/t9-,11+,12-,15+/m0/s1. The molecule has 1 aliphatic heterocycles.